The molecular weight excluding hydrogens is 368 g/mol. The molecule has 4 heterocycles. The summed E-state index contributed by atoms with van der Waals surface area (Å²) < 4.78 is 13.4. The number of ether oxygens (including phenoxy) is 2. The molecule has 0 N–H and O–H groups in total. The zero-order valence-corrected chi connectivity index (χ0v) is 17.8. The van der Waals surface area contributed by atoms with Crippen molar-refractivity contribution in [1.29, 1.82) is 0 Å². The fraction of sp³-hybridized carbons (Fsp3) is 0.682. The Kier molecular flexibility index (Phi) is 5.76. The first-order valence-electron chi connectivity index (χ1n) is 10.8. The molecule has 0 aliphatic carbocycles. The van der Waals surface area contributed by atoms with Gasteiger partial charge in [-0.05, 0) is 44.1 Å². The van der Waals surface area contributed by atoms with Crippen molar-refractivity contribution >= 4 is 11.6 Å². The third-order valence-electron chi connectivity index (χ3n) is 5.91. The summed E-state index contributed by atoms with van der Waals surface area (Å²) in [6, 6.07) is 3.83. The number of fused-ring (bicyclic) bond motifs is 1. The van der Waals surface area contributed by atoms with Crippen molar-refractivity contribution in [2.45, 2.75) is 64.4 Å². The van der Waals surface area contributed by atoms with E-state index in [4.69, 9.17) is 9.47 Å². The van der Waals surface area contributed by atoms with E-state index in [0.29, 0.717) is 25.0 Å². The molecule has 0 saturated carbocycles. The maximum absolute atomic E-state index is 12.6. The highest BCUT2D eigenvalue weighted by atomic mass is 16.5. The summed E-state index contributed by atoms with van der Waals surface area (Å²) in [6.45, 7) is 9.34. The van der Waals surface area contributed by atoms with Gasteiger partial charge in [0.1, 0.15) is 6.10 Å². The Morgan fingerprint density at radius 3 is 2.69 bits per heavy atom. The van der Waals surface area contributed by atoms with E-state index in [1.807, 2.05) is 23.2 Å². The summed E-state index contributed by atoms with van der Waals surface area (Å²) in [5.41, 5.74) is 1.84. The van der Waals surface area contributed by atoms with Crippen molar-refractivity contribution in [3.63, 3.8) is 0 Å². The van der Waals surface area contributed by atoms with E-state index < -0.39 is 0 Å². The molecule has 1 unspecified atom stereocenters. The number of carbonyl (C=O) groups is 1. The van der Waals surface area contributed by atoms with Crippen molar-refractivity contribution in [3.05, 3.63) is 24.0 Å². The lowest BCUT2D eigenvalue weighted by Gasteiger charge is -2.34. The molecule has 4 rings (SSSR count). The number of likely N-dealkylation sites (tertiary alicyclic amines) is 1. The van der Waals surface area contributed by atoms with Gasteiger partial charge in [-0.15, -0.1) is 5.10 Å². The molecule has 1 atom stereocenters. The molecular formula is C22H32N4O3. The molecule has 158 valence electrons. The van der Waals surface area contributed by atoms with Gasteiger partial charge < -0.3 is 14.4 Å². The second kappa shape index (κ2) is 8.30. The van der Waals surface area contributed by atoms with E-state index in [0.717, 1.165) is 56.5 Å². The quantitative estimate of drug-likeness (QED) is 0.788. The number of hydrogen-bond acceptors (Lipinski definition) is 5. The number of amides is 1. The Hall–Kier alpha value is -2.15. The van der Waals surface area contributed by atoms with Crippen LogP contribution in [0, 0.1) is 5.92 Å². The zero-order valence-electron chi connectivity index (χ0n) is 17.8. The van der Waals surface area contributed by atoms with Crippen LogP contribution < -0.4 is 4.74 Å². The van der Waals surface area contributed by atoms with Gasteiger partial charge in [0.25, 0.3) is 5.91 Å². The molecule has 7 nitrogen and oxygen atoms in total. The smallest absolute Gasteiger partial charge is 0.251 e. The molecule has 0 aromatic carbocycles. The fourth-order valence-electron chi connectivity index (χ4n) is 3.97. The molecule has 1 amide bonds. The number of hydrogen-bond donors (Lipinski definition) is 0. The van der Waals surface area contributed by atoms with E-state index in [1.54, 1.807) is 4.52 Å². The first kappa shape index (κ1) is 20.1. The molecule has 0 bridgehead atoms. The van der Waals surface area contributed by atoms with Crippen molar-refractivity contribution < 1.29 is 14.3 Å². The van der Waals surface area contributed by atoms with E-state index in [-0.39, 0.29) is 17.4 Å². The predicted octanol–water partition coefficient (Wildman–Crippen LogP) is 3.21. The lowest BCUT2D eigenvalue weighted by atomic mass is 9.93. The Balaban J connectivity index is 1.28. The molecule has 2 fully saturated rings. The number of piperidine rings is 1. The zero-order chi connectivity index (χ0) is 20.4. The van der Waals surface area contributed by atoms with Crippen LogP contribution in [0.1, 0.15) is 58.6 Å². The van der Waals surface area contributed by atoms with Gasteiger partial charge in [-0.1, -0.05) is 20.8 Å². The van der Waals surface area contributed by atoms with E-state index in [9.17, 15) is 4.79 Å². The van der Waals surface area contributed by atoms with Gasteiger partial charge in [-0.25, -0.2) is 9.50 Å². The minimum Gasteiger partial charge on any atom is -0.476 e. The van der Waals surface area contributed by atoms with E-state index >= 15 is 0 Å². The van der Waals surface area contributed by atoms with Gasteiger partial charge in [0.05, 0.1) is 18.5 Å². The Bertz CT molecular complexity index is 843. The maximum atomic E-state index is 12.6. The Morgan fingerprint density at radius 2 is 2.00 bits per heavy atom. The SMILES string of the molecule is CC(C)(C)c1cn2nc(OCC3CCN(C(=O)C4CCCCO4)CC3)ccc2n1. The molecule has 0 radical (unpaired) electrons. The monoisotopic (exact) mass is 400 g/mol. The summed E-state index contributed by atoms with van der Waals surface area (Å²) >= 11 is 0. The lowest BCUT2D eigenvalue weighted by molar-refractivity contribution is -0.148. The Morgan fingerprint density at radius 1 is 1.21 bits per heavy atom. The van der Waals surface area contributed by atoms with Gasteiger partial charge in [0.2, 0.25) is 5.88 Å². The largest absolute Gasteiger partial charge is 0.476 e. The third kappa shape index (κ3) is 4.71. The predicted molar refractivity (Wildman–Crippen MR) is 110 cm³/mol. The fourth-order valence-corrected chi connectivity index (χ4v) is 3.97. The van der Waals surface area contributed by atoms with Crippen LogP contribution in [0.2, 0.25) is 0 Å². The third-order valence-corrected chi connectivity index (χ3v) is 5.91. The average molecular weight is 401 g/mol. The summed E-state index contributed by atoms with van der Waals surface area (Å²) in [7, 11) is 0. The molecule has 2 aliphatic rings. The highest BCUT2D eigenvalue weighted by Crippen LogP contribution is 2.24. The number of nitrogens with zero attached hydrogens (tertiary/aromatic N) is 4. The van der Waals surface area contributed by atoms with Crippen molar-refractivity contribution in [1.82, 2.24) is 19.5 Å². The first-order valence-corrected chi connectivity index (χ1v) is 10.8. The molecule has 0 spiro atoms. The minimum atomic E-state index is -0.222. The van der Waals surface area contributed by atoms with Gasteiger partial charge in [-0.3, -0.25) is 4.79 Å². The highest BCUT2D eigenvalue weighted by molar-refractivity contribution is 5.81. The Labute approximate surface area is 172 Å². The maximum Gasteiger partial charge on any atom is 0.251 e. The van der Waals surface area contributed by atoms with Crippen molar-refractivity contribution in [3.8, 4) is 5.88 Å². The molecule has 2 saturated heterocycles. The van der Waals surface area contributed by atoms with Gasteiger partial charge in [0.15, 0.2) is 5.65 Å². The standard InChI is InChI=1S/C22H32N4O3/c1-22(2,3)18-14-26-19(23-18)7-8-20(24-26)29-15-16-9-11-25(12-10-16)21(27)17-6-4-5-13-28-17/h7-8,14,16-17H,4-6,9-13,15H2,1-3H3. The molecule has 2 aromatic rings. The summed E-state index contributed by atoms with van der Waals surface area (Å²) in [5.74, 6) is 1.23. The van der Waals surface area contributed by atoms with Crippen LogP contribution in [-0.4, -0.2) is 57.8 Å². The topological polar surface area (TPSA) is 69.0 Å². The first-order chi connectivity index (χ1) is 13.9. The molecule has 29 heavy (non-hydrogen) atoms. The average Bonchev–Trinajstić information content (AvgIpc) is 3.17. The van der Waals surface area contributed by atoms with Crippen molar-refractivity contribution in [2.24, 2.45) is 5.92 Å². The number of rotatable bonds is 4. The van der Waals surface area contributed by atoms with Crippen LogP contribution in [0.25, 0.3) is 5.65 Å². The van der Waals surface area contributed by atoms with Crippen LogP contribution in [0.4, 0.5) is 0 Å². The van der Waals surface area contributed by atoms with Crippen LogP contribution >= 0.6 is 0 Å². The van der Waals surface area contributed by atoms with Gasteiger partial charge in [0, 0.05) is 31.2 Å². The summed E-state index contributed by atoms with van der Waals surface area (Å²) in [4.78, 5) is 19.2. The summed E-state index contributed by atoms with van der Waals surface area (Å²) in [5, 5.41) is 4.55. The van der Waals surface area contributed by atoms with Crippen LogP contribution in [0.15, 0.2) is 18.3 Å². The molecule has 2 aromatic heterocycles. The molecule has 7 heteroatoms. The second-order valence-electron chi connectivity index (χ2n) is 9.29. The van der Waals surface area contributed by atoms with Gasteiger partial charge in [-0.2, -0.15) is 0 Å². The summed E-state index contributed by atoms with van der Waals surface area (Å²) in [6.07, 6.45) is 6.69. The number of aromatic nitrogens is 3. The highest BCUT2D eigenvalue weighted by Gasteiger charge is 2.30. The van der Waals surface area contributed by atoms with Crippen molar-refractivity contribution in [2.75, 3.05) is 26.3 Å². The lowest BCUT2D eigenvalue weighted by Crippen LogP contribution is -2.46. The van der Waals surface area contributed by atoms with Crippen LogP contribution in [-0.2, 0) is 14.9 Å². The normalized spacial score (nSPS) is 21.5. The van der Waals surface area contributed by atoms with Gasteiger partial charge >= 0.3 is 0 Å². The van der Waals surface area contributed by atoms with Crippen LogP contribution in [0.5, 0.6) is 5.88 Å². The molecule has 2 aliphatic heterocycles. The second-order valence-corrected chi connectivity index (χ2v) is 9.29. The minimum absolute atomic E-state index is 0.0111. The number of imidazole rings is 1. The van der Waals surface area contributed by atoms with E-state index in [2.05, 4.69) is 30.9 Å². The van der Waals surface area contributed by atoms with E-state index in [1.165, 1.54) is 0 Å². The van der Waals surface area contributed by atoms with Crippen LogP contribution in [0.3, 0.4) is 0 Å². The number of carbonyl (C=O) groups excluding carboxylic acids is 1.